The van der Waals surface area contributed by atoms with Gasteiger partial charge in [0.2, 0.25) is 0 Å². The van der Waals surface area contributed by atoms with E-state index in [1.54, 1.807) is 12.1 Å². The van der Waals surface area contributed by atoms with Gasteiger partial charge in [0.1, 0.15) is 6.29 Å². The van der Waals surface area contributed by atoms with Gasteiger partial charge in [-0.05, 0) is 37.3 Å². The summed E-state index contributed by atoms with van der Waals surface area (Å²) in [5.74, 6) is 0. The highest BCUT2D eigenvalue weighted by molar-refractivity contribution is 6.33. The predicted molar refractivity (Wildman–Crippen MR) is 77.9 cm³/mol. The number of anilines is 1. The SMILES string of the molecule is Cc1cccc(CN(C)c2ccc(C=O)cc2Cl)n1. The number of aromatic nitrogens is 1. The van der Waals surface area contributed by atoms with Crippen LogP contribution in [-0.2, 0) is 6.54 Å². The van der Waals surface area contributed by atoms with E-state index in [2.05, 4.69) is 4.98 Å². The van der Waals surface area contributed by atoms with Crippen LogP contribution in [0.4, 0.5) is 5.69 Å². The van der Waals surface area contributed by atoms with E-state index in [0.717, 1.165) is 23.4 Å². The Kier molecular flexibility index (Phi) is 4.17. The highest BCUT2D eigenvalue weighted by Gasteiger charge is 2.08. The molecule has 1 heterocycles. The maximum Gasteiger partial charge on any atom is 0.150 e. The van der Waals surface area contributed by atoms with Crippen molar-refractivity contribution in [3.63, 3.8) is 0 Å². The normalized spacial score (nSPS) is 10.3. The zero-order valence-corrected chi connectivity index (χ0v) is 11.7. The van der Waals surface area contributed by atoms with Crippen molar-refractivity contribution < 1.29 is 4.79 Å². The van der Waals surface area contributed by atoms with E-state index in [9.17, 15) is 4.79 Å². The third-order valence-electron chi connectivity index (χ3n) is 2.86. The molecule has 0 aliphatic carbocycles. The molecule has 0 aliphatic heterocycles. The molecule has 0 amide bonds. The first-order valence-corrected chi connectivity index (χ1v) is 6.36. The van der Waals surface area contributed by atoms with Crippen molar-refractivity contribution in [2.45, 2.75) is 13.5 Å². The average Bonchev–Trinajstić information content (AvgIpc) is 2.38. The van der Waals surface area contributed by atoms with E-state index >= 15 is 0 Å². The fourth-order valence-corrected chi connectivity index (χ4v) is 2.26. The number of hydrogen-bond acceptors (Lipinski definition) is 3. The number of pyridine rings is 1. The lowest BCUT2D eigenvalue weighted by atomic mass is 10.2. The number of benzene rings is 1. The molecule has 0 aliphatic rings. The number of nitrogens with zero attached hydrogens (tertiary/aromatic N) is 2. The third-order valence-corrected chi connectivity index (χ3v) is 3.17. The molecule has 0 N–H and O–H groups in total. The fraction of sp³-hybridized carbons (Fsp3) is 0.200. The van der Waals surface area contributed by atoms with Gasteiger partial charge in [0.25, 0.3) is 0 Å². The van der Waals surface area contributed by atoms with Crippen LogP contribution in [0, 0.1) is 6.92 Å². The number of rotatable bonds is 4. The van der Waals surface area contributed by atoms with E-state index in [0.29, 0.717) is 17.1 Å². The average molecular weight is 275 g/mol. The van der Waals surface area contributed by atoms with Gasteiger partial charge >= 0.3 is 0 Å². The molecule has 0 saturated carbocycles. The Morgan fingerprint density at radius 2 is 2.11 bits per heavy atom. The number of halogens is 1. The van der Waals surface area contributed by atoms with Crippen LogP contribution in [0.1, 0.15) is 21.7 Å². The molecule has 0 saturated heterocycles. The summed E-state index contributed by atoms with van der Waals surface area (Å²) in [5, 5.41) is 0.569. The van der Waals surface area contributed by atoms with Crippen LogP contribution in [-0.4, -0.2) is 18.3 Å². The van der Waals surface area contributed by atoms with Crippen LogP contribution in [0.2, 0.25) is 5.02 Å². The molecular formula is C15H15ClN2O. The Bertz CT molecular complexity index is 598. The summed E-state index contributed by atoms with van der Waals surface area (Å²) in [6.07, 6.45) is 0.789. The second-order valence-electron chi connectivity index (χ2n) is 4.46. The maximum atomic E-state index is 10.7. The summed E-state index contributed by atoms with van der Waals surface area (Å²) in [6.45, 7) is 2.64. The lowest BCUT2D eigenvalue weighted by molar-refractivity contribution is 0.112. The van der Waals surface area contributed by atoms with Crippen LogP contribution in [0.5, 0.6) is 0 Å². The Hall–Kier alpha value is -1.87. The van der Waals surface area contributed by atoms with Crippen molar-refractivity contribution in [3.8, 4) is 0 Å². The van der Waals surface area contributed by atoms with Gasteiger partial charge in [0.15, 0.2) is 0 Å². The molecular weight excluding hydrogens is 260 g/mol. The number of carbonyl (C=O) groups excluding carboxylic acids is 1. The Morgan fingerprint density at radius 3 is 2.74 bits per heavy atom. The monoisotopic (exact) mass is 274 g/mol. The van der Waals surface area contributed by atoms with Gasteiger partial charge in [-0.25, -0.2) is 0 Å². The highest BCUT2D eigenvalue weighted by atomic mass is 35.5. The number of carbonyl (C=O) groups is 1. The van der Waals surface area contributed by atoms with Crippen molar-refractivity contribution >= 4 is 23.6 Å². The molecule has 19 heavy (non-hydrogen) atoms. The van der Waals surface area contributed by atoms with Gasteiger partial charge < -0.3 is 4.90 Å². The van der Waals surface area contributed by atoms with Gasteiger partial charge in [-0.15, -0.1) is 0 Å². The van der Waals surface area contributed by atoms with E-state index < -0.39 is 0 Å². The maximum absolute atomic E-state index is 10.7. The fourth-order valence-electron chi connectivity index (χ4n) is 1.92. The largest absolute Gasteiger partial charge is 0.367 e. The molecule has 0 fully saturated rings. The molecule has 2 rings (SSSR count). The van der Waals surface area contributed by atoms with Crippen LogP contribution in [0.15, 0.2) is 36.4 Å². The second-order valence-corrected chi connectivity index (χ2v) is 4.86. The molecule has 0 bridgehead atoms. The first kappa shape index (κ1) is 13.6. The van der Waals surface area contributed by atoms with Crippen LogP contribution in [0.25, 0.3) is 0 Å². The van der Waals surface area contributed by atoms with E-state index in [-0.39, 0.29) is 0 Å². The molecule has 0 atom stereocenters. The summed E-state index contributed by atoms with van der Waals surface area (Å²) in [6, 6.07) is 11.2. The molecule has 2 aromatic rings. The van der Waals surface area contributed by atoms with E-state index in [1.165, 1.54) is 0 Å². The minimum atomic E-state index is 0.569. The number of aldehydes is 1. The molecule has 4 heteroatoms. The standard InChI is InChI=1S/C15H15ClN2O/c1-11-4-3-5-13(17-11)9-18(2)15-7-6-12(10-19)8-14(15)16/h3-8,10H,9H2,1-2H3. The van der Waals surface area contributed by atoms with Gasteiger partial charge in [-0.3, -0.25) is 9.78 Å². The predicted octanol–water partition coefficient (Wildman–Crippen LogP) is 3.49. The van der Waals surface area contributed by atoms with Crippen molar-refractivity contribution in [1.29, 1.82) is 0 Å². The van der Waals surface area contributed by atoms with Crippen molar-refractivity contribution in [2.24, 2.45) is 0 Å². The smallest absolute Gasteiger partial charge is 0.150 e. The highest BCUT2D eigenvalue weighted by Crippen LogP contribution is 2.26. The Morgan fingerprint density at radius 1 is 1.32 bits per heavy atom. The van der Waals surface area contributed by atoms with Gasteiger partial charge in [0.05, 0.1) is 22.9 Å². The van der Waals surface area contributed by atoms with Crippen molar-refractivity contribution in [1.82, 2.24) is 4.98 Å². The molecule has 1 aromatic carbocycles. The van der Waals surface area contributed by atoms with Crippen LogP contribution >= 0.6 is 11.6 Å². The summed E-state index contributed by atoms with van der Waals surface area (Å²) >= 11 is 6.18. The summed E-state index contributed by atoms with van der Waals surface area (Å²) in [4.78, 5) is 17.2. The van der Waals surface area contributed by atoms with Gasteiger partial charge in [0, 0.05) is 18.3 Å². The van der Waals surface area contributed by atoms with Gasteiger partial charge in [-0.1, -0.05) is 17.7 Å². The summed E-state index contributed by atoms with van der Waals surface area (Å²) in [7, 11) is 1.95. The van der Waals surface area contributed by atoms with Crippen LogP contribution < -0.4 is 4.90 Å². The first-order valence-electron chi connectivity index (χ1n) is 5.98. The minimum Gasteiger partial charge on any atom is -0.367 e. The zero-order valence-electron chi connectivity index (χ0n) is 10.9. The number of aryl methyl sites for hydroxylation is 1. The molecule has 0 unspecified atom stereocenters. The lowest BCUT2D eigenvalue weighted by Gasteiger charge is -2.20. The summed E-state index contributed by atoms with van der Waals surface area (Å²) < 4.78 is 0. The van der Waals surface area contributed by atoms with Crippen molar-refractivity contribution in [2.75, 3.05) is 11.9 Å². The van der Waals surface area contributed by atoms with Crippen molar-refractivity contribution in [3.05, 3.63) is 58.4 Å². The third kappa shape index (κ3) is 3.32. The quantitative estimate of drug-likeness (QED) is 0.800. The molecule has 98 valence electrons. The molecule has 1 aromatic heterocycles. The number of hydrogen-bond donors (Lipinski definition) is 0. The second kappa shape index (κ2) is 5.85. The molecule has 3 nitrogen and oxygen atoms in total. The van der Waals surface area contributed by atoms with Crippen LogP contribution in [0.3, 0.4) is 0 Å². The zero-order chi connectivity index (χ0) is 13.8. The molecule has 0 spiro atoms. The summed E-state index contributed by atoms with van der Waals surface area (Å²) in [5.41, 5.74) is 3.44. The Balaban J connectivity index is 2.20. The van der Waals surface area contributed by atoms with E-state index in [4.69, 9.17) is 11.6 Å². The lowest BCUT2D eigenvalue weighted by Crippen LogP contribution is -2.17. The molecule has 0 radical (unpaired) electrons. The van der Waals surface area contributed by atoms with Gasteiger partial charge in [-0.2, -0.15) is 0 Å². The minimum absolute atomic E-state index is 0.569. The van der Waals surface area contributed by atoms with E-state index in [1.807, 2.05) is 43.1 Å². The first-order chi connectivity index (χ1) is 9.10. The topological polar surface area (TPSA) is 33.2 Å². The Labute approximate surface area is 117 Å².